The summed E-state index contributed by atoms with van der Waals surface area (Å²) in [5.41, 5.74) is 4.51. The van der Waals surface area contributed by atoms with Gasteiger partial charge in [0.05, 0.1) is 0 Å². The lowest BCUT2D eigenvalue weighted by molar-refractivity contribution is 0.670. The zero-order valence-corrected chi connectivity index (χ0v) is 6.91. The van der Waals surface area contributed by atoms with Crippen LogP contribution in [0.4, 0.5) is 0 Å². The van der Waals surface area contributed by atoms with Crippen molar-refractivity contribution in [1.29, 1.82) is 0 Å². The van der Waals surface area contributed by atoms with E-state index in [-0.39, 0.29) is 6.04 Å². The number of hydrogen-bond donors (Lipinski definition) is 2. The molecule has 1 heterocycles. The summed E-state index contributed by atoms with van der Waals surface area (Å²) in [6.07, 6.45) is 8.72. The zero-order chi connectivity index (χ0) is 8.97. The topological polar surface area (TPSA) is 50.9 Å². The predicted molar refractivity (Wildman–Crippen MR) is 47.9 cm³/mol. The molecule has 0 spiro atoms. The van der Waals surface area contributed by atoms with Gasteiger partial charge in [-0.15, -0.1) is 6.42 Å². The van der Waals surface area contributed by atoms with E-state index in [0.717, 1.165) is 11.1 Å². The summed E-state index contributed by atoms with van der Waals surface area (Å²) in [4.78, 5) is 4.01. The molecule has 3 N–H and O–H groups in total. The average Bonchev–Trinajstić information content (AvgIpc) is 2.07. The molecule has 1 unspecified atom stereocenters. The van der Waals surface area contributed by atoms with Crippen molar-refractivity contribution in [3.63, 3.8) is 0 Å². The van der Waals surface area contributed by atoms with E-state index in [0.29, 0.717) is 0 Å². The largest absolute Gasteiger partial charge is 0.270 e. The van der Waals surface area contributed by atoms with E-state index < -0.39 is 0 Å². The Morgan fingerprint density at radius 3 is 2.92 bits per heavy atom. The van der Waals surface area contributed by atoms with Crippen LogP contribution in [0.25, 0.3) is 0 Å². The third-order valence-electron chi connectivity index (χ3n) is 1.56. The molecule has 0 amide bonds. The molecule has 12 heavy (non-hydrogen) atoms. The van der Waals surface area contributed by atoms with Crippen molar-refractivity contribution in [2.24, 2.45) is 5.84 Å². The number of aryl methyl sites for hydroxylation is 1. The molecule has 1 rings (SSSR count). The van der Waals surface area contributed by atoms with Gasteiger partial charge in [0.15, 0.2) is 0 Å². The Labute approximate surface area is 72.0 Å². The molecule has 0 saturated carbocycles. The molecule has 1 aromatic heterocycles. The van der Waals surface area contributed by atoms with Crippen molar-refractivity contribution in [1.82, 2.24) is 10.4 Å². The number of hydrazine groups is 1. The summed E-state index contributed by atoms with van der Waals surface area (Å²) in [5, 5.41) is 0. The number of nitrogens with one attached hydrogen (secondary N) is 1. The van der Waals surface area contributed by atoms with Crippen LogP contribution >= 0.6 is 0 Å². The normalized spacial score (nSPS) is 12.1. The number of nitrogens with zero attached hydrogens (tertiary/aromatic N) is 1. The first-order chi connectivity index (χ1) is 5.77. The fraction of sp³-hybridized carbons (Fsp3) is 0.222. The Balaban J connectivity index is 2.95. The van der Waals surface area contributed by atoms with Gasteiger partial charge in [0.2, 0.25) is 0 Å². The average molecular weight is 161 g/mol. The monoisotopic (exact) mass is 161 g/mol. The van der Waals surface area contributed by atoms with E-state index >= 15 is 0 Å². The maximum absolute atomic E-state index is 5.25. The number of hydrogen-bond acceptors (Lipinski definition) is 3. The summed E-state index contributed by atoms with van der Waals surface area (Å²) in [7, 11) is 0. The van der Waals surface area contributed by atoms with Gasteiger partial charge in [-0.1, -0.05) is 12.0 Å². The quantitative estimate of drug-likeness (QED) is 0.378. The molecule has 0 bridgehead atoms. The van der Waals surface area contributed by atoms with Gasteiger partial charge in [-0.2, -0.15) is 0 Å². The highest BCUT2D eigenvalue weighted by atomic mass is 15.2. The maximum Gasteiger partial charge on any atom is 0.108 e. The van der Waals surface area contributed by atoms with Crippen LogP contribution in [0.15, 0.2) is 18.5 Å². The van der Waals surface area contributed by atoms with Crippen LogP contribution in [0.3, 0.4) is 0 Å². The second-order valence-electron chi connectivity index (χ2n) is 2.56. The minimum absolute atomic E-state index is 0.252. The fourth-order valence-electron chi connectivity index (χ4n) is 0.977. The third-order valence-corrected chi connectivity index (χ3v) is 1.56. The highest BCUT2D eigenvalue weighted by Gasteiger charge is 2.04. The highest BCUT2D eigenvalue weighted by Crippen LogP contribution is 2.10. The first kappa shape index (κ1) is 8.72. The van der Waals surface area contributed by atoms with Crippen LogP contribution in [-0.4, -0.2) is 4.98 Å². The predicted octanol–water partition coefficient (Wildman–Crippen LogP) is 0.528. The minimum atomic E-state index is -0.252. The number of rotatable bonds is 2. The van der Waals surface area contributed by atoms with Crippen molar-refractivity contribution in [3.05, 3.63) is 29.6 Å². The Kier molecular flexibility index (Phi) is 2.81. The summed E-state index contributed by atoms with van der Waals surface area (Å²) in [6, 6.07) is 1.70. The molecule has 0 aliphatic heterocycles. The Morgan fingerprint density at radius 1 is 1.67 bits per heavy atom. The minimum Gasteiger partial charge on any atom is -0.270 e. The lowest BCUT2D eigenvalue weighted by Gasteiger charge is -2.08. The van der Waals surface area contributed by atoms with Crippen molar-refractivity contribution >= 4 is 0 Å². The fourth-order valence-corrected chi connectivity index (χ4v) is 0.977. The Bertz CT molecular complexity index is 301. The molecule has 0 aromatic carbocycles. The molecule has 0 saturated heterocycles. The van der Waals surface area contributed by atoms with Crippen molar-refractivity contribution in [3.8, 4) is 12.3 Å². The Hall–Kier alpha value is -1.37. The van der Waals surface area contributed by atoms with Crippen LogP contribution in [-0.2, 0) is 0 Å². The van der Waals surface area contributed by atoms with Crippen LogP contribution in [0.1, 0.15) is 17.2 Å². The molecule has 1 atom stereocenters. The summed E-state index contributed by atoms with van der Waals surface area (Å²) in [6.45, 7) is 1.96. The lowest BCUT2D eigenvalue weighted by atomic mass is 10.1. The van der Waals surface area contributed by atoms with Gasteiger partial charge in [-0.3, -0.25) is 10.8 Å². The van der Waals surface area contributed by atoms with Gasteiger partial charge >= 0.3 is 0 Å². The van der Waals surface area contributed by atoms with Gasteiger partial charge in [0.1, 0.15) is 6.04 Å². The van der Waals surface area contributed by atoms with E-state index in [4.69, 9.17) is 12.3 Å². The molecule has 3 heteroatoms. The summed E-state index contributed by atoms with van der Waals surface area (Å²) < 4.78 is 0. The molecule has 1 aromatic rings. The van der Waals surface area contributed by atoms with Gasteiger partial charge in [0.25, 0.3) is 0 Å². The van der Waals surface area contributed by atoms with Crippen molar-refractivity contribution in [2.75, 3.05) is 0 Å². The zero-order valence-electron chi connectivity index (χ0n) is 6.91. The van der Waals surface area contributed by atoms with Gasteiger partial charge in [-0.25, -0.2) is 5.43 Å². The third kappa shape index (κ3) is 1.82. The Morgan fingerprint density at radius 2 is 2.42 bits per heavy atom. The van der Waals surface area contributed by atoms with Crippen LogP contribution in [0.5, 0.6) is 0 Å². The van der Waals surface area contributed by atoms with Gasteiger partial charge < -0.3 is 0 Å². The van der Waals surface area contributed by atoms with E-state index in [1.807, 2.05) is 13.0 Å². The van der Waals surface area contributed by atoms with Gasteiger partial charge in [-0.05, 0) is 12.5 Å². The second-order valence-corrected chi connectivity index (χ2v) is 2.56. The van der Waals surface area contributed by atoms with Crippen molar-refractivity contribution in [2.45, 2.75) is 13.0 Å². The van der Waals surface area contributed by atoms with Crippen LogP contribution < -0.4 is 11.3 Å². The molecule has 0 aliphatic rings. The van der Waals surface area contributed by atoms with E-state index in [9.17, 15) is 0 Å². The molecule has 0 aliphatic carbocycles. The molecular weight excluding hydrogens is 150 g/mol. The number of terminal acetylenes is 1. The standard InChI is InChI=1S/C9H11N3/c1-3-9(12-10)8-4-7(2)5-11-6-8/h1,4-6,9,12H,10H2,2H3. The molecule has 3 nitrogen and oxygen atoms in total. The van der Waals surface area contributed by atoms with Gasteiger partial charge in [0, 0.05) is 18.0 Å². The van der Waals surface area contributed by atoms with E-state index in [1.165, 1.54) is 0 Å². The molecule has 0 fully saturated rings. The first-order valence-electron chi connectivity index (χ1n) is 3.61. The first-order valence-corrected chi connectivity index (χ1v) is 3.61. The van der Waals surface area contributed by atoms with E-state index in [2.05, 4.69) is 16.3 Å². The SMILES string of the molecule is C#CC(NN)c1cncc(C)c1. The highest BCUT2D eigenvalue weighted by molar-refractivity contribution is 5.25. The van der Waals surface area contributed by atoms with Crippen molar-refractivity contribution < 1.29 is 0 Å². The molecule has 0 radical (unpaired) electrons. The number of aromatic nitrogens is 1. The number of nitrogens with two attached hydrogens (primary N) is 1. The second kappa shape index (κ2) is 3.86. The maximum atomic E-state index is 5.25. The van der Waals surface area contributed by atoms with Crippen LogP contribution in [0.2, 0.25) is 0 Å². The number of pyridine rings is 1. The molecular formula is C9H11N3. The lowest BCUT2D eigenvalue weighted by Crippen LogP contribution is -2.26. The van der Waals surface area contributed by atoms with Crippen LogP contribution in [0, 0.1) is 19.3 Å². The smallest absolute Gasteiger partial charge is 0.108 e. The molecule has 62 valence electrons. The van der Waals surface area contributed by atoms with E-state index in [1.54, 1.807) is 12.4 Å². The summed E-state index contributed by atoms with van der Waals surface area (Å²) >= 11 is 0. The summed E-state index contributed by atoms with van der Waals surface area (Å²) in [5.74, 6) is 7.76.